The molecule has 2 amide bonds. The predicted molar refractivity (Wildman–Crippen MR) is 94.9 cm³/mol. The SMILES string of the molecule is CCNC(=O)N1CCC(NCc2cn(C)nc2C2CCCCC2)C1. The fourth-order valence-electron chi connectivity index (χ4n) is 4.04. The monoisotopic (exact) mass is 333 g/mol. The van der Waals surface area contributed by atoms with Crippen molar-refractivity contribution in [1.29, 1.82) is 0 Å². The summed E-state index contributed by atoms with van der Waals surface area (Å²) in [6.45, 7) is 5.14. The smallest absolute Gasteiger partial charge is 0.317 e. The number of carbonyl (C=O) groups excluding carboxylic acids is 1. The van der Waals surface area contributed by atoms with Crippen LogP contribution in [0.25, 0.3) is 0 Å². The van der Waals surface area contributed by atoms with Gasteiger partial charge in [0, 0.05) is 56.9 Å². The Kier molecular flexibility index (Phi) is 5.76. The quantitative estimate of drug-likeness (QED) is 0.869. The van der Waals surface area contributed by atoms with E-state index in [0.29, 0.717) is 18.5 Å². The molecule has 0 bridgehead atoms. The van der Waals surface area contributed by atoms with E-state index in [1.807, 2.05) is 23.6 Å². The normalized spacial score (nSPS) is 22.1. The van der Waals surface area contributed by atoms with Crippen LogP contribution in [0.2, 0.25) is 0 Å². The molecule has 1 aliphatic carbocycles. The molecular formula is C18H31N5O. The zero-order valence-electron chi connectivity index (χ0n) is 15.1. The van der Waals surface area contributed by atoms with Crippen LogP contribution in [0.1, 0.15) is 62.6 Å². The summed E-state index contributed by atoms with van der Waals surface area (Å²) in [6.07, 6.45) is 9.77. The third kappa shape index (κ3) is 4.09. The molecular weight excluding hydrogens is 302 g/mol. The number of nitrogens with one attached hydrogen (secondary N) is 2. The number of carbonyl (C=O) groups is 1. The molecule has 2 aliphatic rings. The van der Waals surface area contributed by atoms with Gasteiger partial charge in [0.1, 0.15) is 0 Å². The minimum absolute atomic E-state index is 0.0612. The molecule has 0 spiro atoms. The Hall–Kier alpha value is -1.56. The zero-order chi connectivity index (χ0) is 16.9. The first-order valence-corrected chi connectivity index (χ1v) is 9.46. The minimum Gasteiger partial charge on any atom is -0.338 e. The van der Waals surface area contributed by atoms with Crippen LogP contribution in [0.15, 0.2) is 6.20 Å². The topological polar surface area (TPSA) is 62.2 Å². The van der Waals surface area contributed by atoms with Crippen LogP contribution < -0.4 is 10.6 Å². The van der Waals surface area contributed by atoms with Crippen molar-refractivity contribution >= 4 is 6.03 Å². The summed E-state index contributed by atoms with van der Waals surface area (Å²) in [4.78, 5) is 13.8. The van der Waals surface area contributed by atoms with Gasteiger partial charge in [0.05, 0.1) is 5.69 Å². The molecule has 2 N–H and O–H groups in total. The number of amides is 2. The Morgan fingerprint density at radius 3 is 2.83 bits per heavy atom. The van der Waals surface area contributed by atoms with Gasteiger partial charge < -0.3 is 15.5 Å². The Morgan fingerprint density at radius 1 is 1.29 bits per heavy atom. The lowest BCUT2D eigenvalue weighted by molar-refractivity contribution is 0.208. The van der Waals surface area contributed by atoms with Gasteiger partial charge in [-0.25, -0.2) is 4.79 Å². The molecule has 1 saturated heterocycles. The van der Waals surface area contributed by atoms with Crippen molar-refractivity contribution in [3.05, 3.63) is 17.5 Å². The highest BCUT2D eigenvalue weighted by molar-refractivity contribution is 5.74. The molecule has 1 aliphatic heterocycles. The summed E-state index contributed by atoms with van der Waals surface area (Å²) >= 11 is 0. The van der Waals surface area contributed by atoms with Crippen molar-refractivity contribution in [2.24, 2.45) is 7.05 Å². The molecule has 1 atom stereocenters. The van der Waals surface area contributed by atoms with Crippen molar-refractivity contribution < 1.29 is 4.79 Å². The first-order valence-electron chi connectivity index (χ1n) is 9.46. The molecule has 0 radical (unpaired) electrons. The molecule has 1 unspecified atom stereocenters. The number of likely N-dealkylation sites (tertiary alicyclic amines) is 1. The fourth-order valence-corrected chi connectivity index (χ4v) is 4.04. The number of nitrogens with zero attached hydrogens (tertiary/aromatic N) is 3. The Balaban J connectivity index is 1.54. The largest absolute Gasteiger partial charge is 0.338 e. The maximum absolute atomic E-state index is 11.9. The highest BCUT2D eigenvalue weighted by Crippen LogP contribution is 2.33. The van der Waals surface area contributed by atoms with Gasteiger partial charge >= 0.3 is 6.03 Å². The summed E-state index contributed by atoms with van der Waals surface area (Å²) in [5, 5.41) is 11.3. The van der Waals surface area contributed by atoms with E-state index in [-0.39, 0.29) is 6.03 Å². The standard InChI is InChI=1S/C18H31N5O/c1-3-19-18(24)23-10-9-16(13-23)20-11-15-12-22(2)21-17(15)14-7-5-4-6-8-14/h12,14,16,20H,3-11,13H2,1-2H3,(H,19,24). The highest BCUT2D eigenvalue weighted by Gasteiger charge is 2.26. The average molecular weight is 333 g/mol. The first-order chi connectivity index (χ1) is 11.7. The summed E-state index contributed by atoms with van der Waals surface area (Å²) in [6, 6.07) is 0.443. The van der Waals surface area contributed by atoms with E-state index in [0.717, 1.165) is 26.1 Å². The van der Waals surface area contributed by atoms with Gasteiger partial charge in [-0.3, -0.25) is 4.68 Å². The van der Waals surface area contributed by atoms with Crippen LogP contribution in [-0.4, -0.2) is 46.4 Å². The fraction of sp³-hybridized carbons (Fsp3) is 0.778. The van der Waals surface area contributed by atoms with E-state index in [2.05, 4.69) is 16.8 Å². The second-order valence-electron chi connectivity index (χ2n) is 7.20. The maximum atomic E-state index is 11.9. The maximum Gasteiger partial charge on any atom is 0.317 e. The van der Waals surface area contributed by atoms with Gasteiger partial charge in [-0.1, -0.05) is 19.3 Å². The third-order valence-corrected chi connectivity index (χ3v) is 5.31. The first kappa shape index (κ1) is 17.3. The van der Waals surface area contributed by atoms with Crippen molar-refractivity contribution in [2.75, 3.05) is 19.6 Å². The van der Waals surface area contributed by atoms with Gasteiger partial charge in [-0.2, -0.15) is 5.10 Å². The Labute approximate surface area is 145 Å². The lowest BCUT2D eigenvalue weighted by atomic mass is 9.85. The van der Waals surface area contributed by atoms with Gasteiger partial charge in [-0.05, 0) is 26.2 Å². The minimum atomic E-state index is 0.0612. The van der Waals surface area contributed by atoms with Crippen molar-refractivity contribution in [1.82, 2.24) is 25.3 Å². The van der Waals surface area contributed by atoms with E-state index in [4.69, 9.17) is 5.10 Å². The van der Waals surface area contributed by atoms with Crippen LogP contribution in [0.4, 0.5) is 4.79 Å². The van der Waals surface area contributed by atoms with Crippen molar-refractivity contribution in [3.63, 3.8) is 0 Å². The van der Waals surface area contributed by atoms with E-state index in [1.54, 1.807) is 0 Å². The number of aryl methyl sites for hydroxylation is 1. The number of aromatic nitrogens is 2. The molecule has 6 nitrogen and oxygen atoms in total. The molecule has 0 aromatic carbocycles. The molecule has 3 rings (SSSR count). The molecule has 2 heterocycles. The lowest BCUT2D eigenvalue weighted by Crippen LogP contribution is -2.40. The van der Waals surface area contributed by atoms with Gasteiger partial charge in [0.15, 0.2) is 0 Å². The Morgan fingerprint density at radius 2 is 2.08 bits per heavy atom. The molecule has 2 fully saturated rings. The van der Waals surface area contributed by atoms with Crippen LogP contribution in [0, 0.1) is 0 Å². The molecule has 24 heavy (non-hydrogen) atoms. The van der Waals surface area contributed by atoms with E-state index in [9.17, 15) is 4.79 Å². The highest BCUT2D eigenvalue weighted by atomic mass is 16.2. The summed E-state index contributed by atoms with van der Waals surface area (Å²) in [5.74, 6) is 0.632. The van der Waals surface area contributed by atoms with Crippen LogP contribution >= 0.6 is 0 Å². The molecule has 1 aromatic heterocycles. The number of rotatable bonds is 5. The average Bonchev–Trinajstić information content (AvgIpc) is 3.20. The second kappa shape index (κ2) is 8.01. The summed E-state index contributed by atoms with van der Waals surface area (Å²) in [5.41, 5.74) is 2.63. The van der Waals surface area contributed by atoms with Crippen LogP contribution in [0.3, 0.4) is 0 Å². The van der Waals surface area contributed by atoms with Gasteiger partial charge in [0.2, 0.25) is 0 Å². The molecule has 1 saturated carbocycles. The predicted octanol–water partition coefficient (Wildman–Crippen LogP) is 2.36. The summed E-state index contributed by atoms with van der Waals surface area (Å²) < 4.78 is 1.95. The molecule has 1 aromatic rings. The van der Waals surface area contributed by atoms with Gasteiger partial charge in [-0.15, -0.1) is 0 Å². The van der Waals surface area contributed by atoms with Crippen molar-refractivity contribution in [2.45, 2.75) is 64.0 Å². The third-order valence-electron chi connectivity index (χ3n) is 5.31. The second-order valence-corrected chi connectivity index (χ2v) is 7.20. The van der Waals surface area contributed by atoms with Crippen LogP contribution in [-0.2, 0) is 13.6 Å². The number of urea groups is 1. The zero-order valence-corrected chi connectivity index (χ0v) is 15.1. The number of hydrogen-bond donors (Lipinski definition) is 2. The van der Waals surface area contributed by atoms with E-state index < -0.39 is 0 Å². The number of hydrogen-bond acceptors (Lipinski definition) is 3. The molecule has 6 heteroatoms. The van der Waals surface area contributed by atoms with Crippen molar-refractivity contribution in [3.8, 4) is 0 Å². The molecule has 134 valence electrons. The van der Waals surface area contributed by atoms with Crippen LogP contribution in [0.5, 0.6) is 0 Å². The van der Waals surface area contributed by atoms with E-state index in [1.165, 1.54) is 43.4 Å². The lowest BCUT2D eigenvalue weighted by Gasteiger charge is -2.21. The van der Waals surface area contributed by atoms with Gasteiger partial charge in [0.25, 0.3) is 0 Å². The Bertz CT molecular complexity index is 550. The summed E-state index contributed by atoms with van der Waals surface area (Å²) in [7, 11) is 2.02. The van der Waals surface area contributed by atoms with E-state index >= 15 is 0 Å².